The smallest absolute Gasteiger partial charge is 0.133 e. The topological polar surface area (TPSA) is 30.5 Å². The lowest BCUT2D eigenvalue weighted by Crippen LogP contribution is -2.27. The first kappa shape index (κ1) is 17.6. The molecule has 0 amide bonds. The Labute approximate surface area is 113 Å². The van der Waals surface area contributed by atoms with Crippen molar-refractivity contribution < 1.29 is 9.78 Å². The van der Waals surface area contributed by atoms with E-state index in [1.54, 1.807) is 0 Å². The maximum Gasteiger partial charge on any atom is 0.133 e. The minimum Gasteiger partial charge on any atom is -0.292 e. The fourth-order valence-electron chi connectivity index (χ4n) is 1.43. The zero-order valence-electron chi connectivity index (χ0n) is 12.5. The van der Waals surface area contributed by atoms with Crippen LogP contribution >= 0.6 is 0 Å². The van der Waals surface area contributed by atoms with Crippen LogP contribution in [-0.2, 0) is 9.78 Å². The highest BCUT2D eigenvalue weighted by molar-refractivity contribution is 4.65. The van der Waals surface area contributed by atoms with E-state index in [1.807, 2.05) is 19.9 Å². The van der Waals surface area contributed by atoms with E-state index in [1.165, 1.54) is 32.1 Å². The highest BCUT2D eigenvalue weighted by atomic mass is 17.2. The molecule has 0 aliphatic rings. The molecule has 0 rings (SSSR count). The third kappa shape index (κ3) is 12.1. The highest BCUT2D eigenvalue weighted by Crippen LogP contribution is 2.13. The molecule has 18 heavy (non-hydrogen) atoms. The summed E-state index contributed by atoms with van der Waals surface area (Å²) in [6.45, 7) is 11.3. The van der Waals surface area contributed by atoms with Gasteiger partial charge in [0.2, 0.25) is 0 Å². The van der Waals surface area contributed by atoms with E-state index in [2.05, 4.69) is 18.8 Å². The molecule has 0 aromatic carbocycles. The standard InChI is InChI=1S/C15H31NO2/c1-5-7-8-9-10-11-12-13-16-14-17-18-15(3,4)6-2/h5,16H,1,6-14H2,2-4H3. The van der Waals surface area contributed by atoms with Gasteiger partial charge in [0, 0.05) is 0 Å². The van der Waals surface area contributed by atoms with Gasteiger partial charge in [-0.05, 0) is 46.1 Å². The Kier molecular flexibility index (Phi) is 11.4. The quantitative estimate of drug-likeness (QED) is 0.176. The summed E-state index contributed by atoms with van der Waals surface area (Å²) in [5.74, 6) is 0. The molecule has 0 aliphatic heterocycles. The van der Waals surface area contributed by atoms with E-state index in [9.17, 15) is 0 Å². The van der Waals surface area contributed by atoms with Gasteiger partial charge in [-0.15, -0.1) is 6.58 Å². The lowest BCUT2D eigenvalue weighted by molar-refractivity contribution is -0.356. The van der Waals surface area contributed by atoms with Crippen LogP contribution in [-0.4, -0.2) is 18.9 Å². The van der Waals surface area contributed by atoms with Crippen LogP contribution in [0.1, 0.15) is 65.7 Å². The molecule has 1 N–H and O–H groups in total. The fraction of sp³-hybridized carbons (Fsp3) is 0.867. The molecule has 0 fully saturated rings. The second-order valence-electron chi connectivity index (χ2n) is 5.30. The second-order valence-corrected chi connectivity index (χ2v) is 5.30. The molecular weight excluding hydrogens is 226 g/mol. The number of allylic oxidation sites excluding steroid dienone is 1. The van der Waals surface area contributed by atoms with Gasteiger partial charge in [0.1, 0.15) is 6.73 Å². The van der Waals surface area contributed by atoms with Crippen LogP contribution in [0.15, 0.2) is 12.7 Å². The molecule has 0 saturated heterocycles. The minimum absolute atomic E-state index is 0.188. The molecule has 0 saturated carbocycles. The monoisotopic (exact) mass is 257 g/mol. The van der Waals surface area contributed by atoms with E-state index < -0.39 is 0 Å². The normalized spacial score (nSPS) is 11.7. The van der Waals surface area contributed by atoms with Gasteiger partial charge in [-0.2, -0.15) is 0 Å². The molecule has 0 unspecified atom stereocenters. The SMILES string of the molecule is C=CCCCCCCCNCOOC(C)(C)CC. The van der Waals surface area contributed by atoms with Crippen molar-refractivity contribution in [1.29, 1.82) is 0 Å². The van der Waals surface area contributed by atoms with Crippen LogP contribution in [0.3, 0.4) is 0 Å². The Morgan fingerprint density at radius 3 is 2.44 bits per heavy atom. The van der Waals surface area contributed by atoms with Gasteiger partial charge < -0.3 is 0 Å². The number of hydrogen-bond acceptors (Lipinski definition) is 3. The molecule has 0 aromatic rings. The molecule has 3 heteroatoms. The van der Waals surface area contributed by atoms with Crippen molar-refractivity contribution in [3.8, 4) is 0 Å². The fourth-order valence-corrected chi connectivity index (χ4v) is 1.43. The van der Waals surface area contributed by atoms with E-state index in [4.69, 9.17) is 9.78 Å². The average Bonchev–Trinajstić information content (AvgIpc) is 2.36. The van der Waals surface area contributed by atoms with Crippen LogP contribution in [0.4, 0.5) is 0 Å². The van der Waals surface area contributed by atoms with Crippen molar-refractivity contribution in [3.05, 3.63) is 12.7 Å². The Morgan fingerprint density at radius 2 is 1.78 bits per heavy atom. The summed E-state index contributed by atoms with van der Waals surface area (Å²) in [4.78, 5) is 10.4. The van der Waals surface area contributed by atoms with Gasteiger partial charge >= 0.3 is 0 Å². The Morgan fingerprint density at radius 1 is 1.11 bits per heavy atom. The number of rotatable bonds is 13. The van der Waals surface area contributed by atoms with Crippen LogP contribution in [0.25, 0.3) is 0 Å². The zero-order chi connectivity index (χ0) is 13.7. The first-order valence-corrected chi connectivity index (χ1v) is 7.24. The van der Waals surface area contributed by atoms with Gasteiger partial charge in [-0.1, -0.05) is 32.3 Å². The van der Waals surface area contributed by atoms with Crippen molar-refractivity contribution in [2.24, 2.45) is 0 Å². The Bertz CT molecular complexity index is 193. The summed E-state index contributed by atoms with van der Waals surface area (Å²) in [5.41, 5.74) is -0.188. The third-order valence-corrected chi connectivity index (χ3v) is 3.06. The highest BCUT2D eigenvalue weighted by Gasteiger charge is 2.16. The molecule has 0 heterocycles. The van der Waals surface area contributed by atoms with Gasteiger partial charge in [-0.25, -0.2) is 9.78 Å². The maximum atomic E-state index is 5.28. The minimum atomic E-state index is -0.188. The lowest BCUT2D eigenvalue weighted by atomic mass is 10.1. The summed E-state index contributed by atoms with van der Waals surface area (Å²) < 4.78 is 0. The molecule has 0 atom stereocenters. The lowest BCUT2D eigenvalue weighted by Gasteiger charge is -2.21. The Balaban J connectivity index is 3.10. The summed E-state index contributed by atoms with van der Waals surface area (Å²) in [5, 5.41) is 3.22. The van der Waals surface area contributed by atoms with Crippen molar-refractivity contribution in [1.82, 2.24) is 5.32 Å². The van der Waals surface area contributed by atoms with E-state index in [-0.39, 0.29) is 5.60 Å². The van der Waals surface area contributed by atoms with Crippen LogP contribution in [0.5, 0.6) is 0 Å². The predicted molar refractivity (Wildman–Crippen MR) is 77.3 cm³/mol. The maximum absolute atomic E-state index is 5.28. The molecule has 3 nitrogen and oxygen atoms in total. The van der Waals surface area contributed by atoms with Crippen molar-refractivity contribution in [2.75, 3.05) is 13.3 Å². The van der Waals surface area contributed by atoms with Crippen molar-refractivity contribution >= 4 is 0 Å². The summed E-state index contributed by atoms with van der Waals surface area (Å²) in [7, 11) is 0. The van der Waals surface area contributed by atoms with Crippen molar-refractivity contribution in [2.45, 2.75) is 71.3 Å². The molecule has 0 radical (unpaired) electrons. The molecule has 0 bridgehead atoms. The predicted octanol–water partition coefficient (Wildman–Crippen LogP) is 4.20. The van der Waals surface area contributed by atoms with Gasteiger partial charge in [0.05, 0.1) is 5.60 Å². The molecular formula is C15H31NO2. The number of unbranched alkanes of at least 4 members (excludes halogenated alkanes) is 5. The van der Waals surface area contributed by atoms with Crippen LogP contribution < -0.4 is 5.32 Å². The first-order chi connectivity index (χ1) is 8.62. The molecule has 0 aromatic heterocycles. The summed E-state index contributed by atoms with van der Waals surface area (Å²) >= 11 is 0. The summed E-state index contributed by atoms with van der Waals surface area (Å²) in [6, 6.07) is 0. The van der Waals surface area contributed by atoms with Crippen LogP contribution in [0.2, 0.25) is 0 Å². The molecule has 0 aliphatic carbocycles. The van der Waals surface area contributed by atoms with Crippen molar-refractivity contribution in [3.63, 3.8) is 0 Å². The average molecular weight is 257 g/mol. The Hall–Kier alpha value is -0.380. The molecule has 108 valence electrons. The van der Waals surface area contributed by atoms with E-state index >= 15 is 0 Å². The second kappa shape index (κ2) is 11.7. The number of hydrogen-bond donors (Lipinski definition) is 1. The molecule has 0 spiro atoms. The van der Waals surface area contributed by atoms with Crippen LogP contribution in [0, 0.1) is 0 Å². The zero-order valence-corrected chi connectivity index (χ0v) is 12.5. The largest absolute Gasteiger partial charge is 0.292 e. The van der Waals surface area contributed by atoms with Gasteiger partial charge in [0.15, 0.2) is 0 Å². The number of nitrogens with one attached hydrogen (secondary N) is 1. The van der Waals surface area contributed by atoms with E-state index in [0.29, 0.717) is 6.73 Å². The van der Waals surface area contributed by atoms with E-state index in [0.717, 1.165) is 19.4 Å². The van der Waals surface area contributed by atoms with Gasteiger partial charge in [-0.3, -0.25) is 5.32 Å². The third-order valence-electron chi connectivity index (χ3n) is 3.06. The van der Waals surface area contributed by atoms with Gasteiger partial charge in [0.25, 0.3) is 0 Å². The first-order valence-electron chi connectivity index (χ1n) is 7.24. The summed E-state index contributed by atoms with van der Waals surface area (Å²) in [6.07, 6.45) is 10.5.